The number of rotatable bonds is 6. The Bertz CT molecular complexity index is 1970. The van der Waals surface area contributed by atoms with Crippen molar-refractivity contribution < 1.29 is 37.5 Å². The van der Waals surface area contributed by atoms with Gasteiger partial charge in [0, 0.05) is 48.0 Å². The van der Waals surface area contributed by atoms with E-state index in [0.29, 0.717) is 43.5 Å². The zero-order valence-electron chi connectivity index (χ0n) is 25.6. The smallest absolute Gasteiger partial charge is 0.341 e. The summed E-state index contributed by atoms with van der Waals surface area (Å²) in [5, 5.41) is 7.23. The van der Waals surface area contributed by atoms with E-state index < -0.39 is 36.8 Å². The van der Waals surface area contributed by atoms with Gasteiger partial charge >= 0.3 is 13.3 Å². The fraction of sp³-hybridized carbons (Fsp3) is 0.406. The third-order valence-corrected chi connectivity index (χ3v) is 10.7. The van der Waals surface area contributed by atoms with Crippen molar-refractivity contribution in [3.63, 3.8) is 0 Å². The molecule has 1 aromatic carbocycles. The van der Waals surface area contributed by atoms with Gasteiger partial charge in [0.05, 0.1) is 24.1 Å². The first-order chi connectivity index (χ1) is 22.8. The van der Waals surface area contributed by atoms with Crippen molar-refractivity contribution >= 4 is 31.4 Å². The SMILES string of the molecule is O=C(N[C@H]1CCCC[C@H]2CC[C@@H](C(=O)N3Cc4cnn(-c5cc[nH]c(=O)c5)c4C3)N2C1=O)C1=Cc2cc(C(F)(F)P(=O)(O)O)ccc2C1. The maximum absolute atomic E-state index is 14.3. The summed E-state index contributed by atoms with van der Waals surface area (Å²) >= 11 is 0. The number of aromatic nitrogens is 3. The van der Waals surface area contributed by atoms with Crippen LogP contribution in [0.2, 0.25) is 0 Å². The first-order valence-corrected chi connectivity index (χ1v) is 17.4. The molecule has 2 saturated heterocycles. The number of pyridine rings is 1. The second-order valence-electron chi connectivity index (χ2n) is 12.8. The van der Waals surface area contributed by atoms with E-state index in [9.17, 15) is 32.5 Å². The number of H-pyrrole nitrogens is 1. The van der Waals surface area contributed by atoms with Crippen molar-refractivity contribution in [1.82, 2.24) is 29.9 Å². The van der Waals surface area contributed by atoms with Crippen LogP contribution in [0.4, 0.5) is 8.78 Å². The van der Waals surface area contributed by atoms with Crippen LogP contribution in [0.3, 0.4) is 0 Å². The molecule has 0 bridgehead atoms. The molecule has 3 aliphatic heterocycles. The van der Waals surface area contributed by atoms with Gasteiger partial charge in [0.15, 0.2) is 0 Å². The quantitative estimate of drug-likeness (QED) is 0.287. The molecule has 0 spiro atoms. The van der Waals surface area contributed by atoms with Gasteiger partial charge < -0.3 is 29.9 Å². The van der Waals surface area contributed by atoms with Gasteiger partial charge in [0.1, 0.15) is 12.1 Å². The highest BCUT2D eigenvalue weighted by Crippen LogP contribution is 2.59. The van der Waals surface area contributed by atoms with E-state index in [1.54, 1.807) is 26.7 Å². The molecule has 252 valence electrons. The monoisotopic (exact) mass is 682 g/mol. The summed E-state index contributed by atoms with van der Waals surface area (Å²) in [5.41, 5.74) is -2.29. The van der Waals surface area contributed by atoms with Crippen LogP contribution in [0, 0.1) is 0 Å². The number of nitrogens with one attached hydrogen (secondary N) is 2. The van der Waals surface area contributed by atoms with E-state index >= 15 is 0 Å². The summed E-state index contributed by atoms with van der Waals surface area (Å²) in [6.45, 7) is 0.581. The van der Waals surface area contributed by atoms with E-state index in [1.165, 1.54) is 24.4 Å². The number of hydrogen-bond donors (Lipinski definition) is 4. The van der Waals surface area contributed by atoms with Gasteiger partial charge in [-0.1, -0.05) is 25.0 Å². The number of halogens is 2. The van der Waals surface area contributed by atoms with Crippen LogP contribution in [0.15, 0.2) is 53.1 Å². The standard InChI is InChI=1S/C32H33F2N6O7P/c33-32(34,48(45,46)47)22-6-5-18-11-20(12-19(18)13-22)29(42)37-25-4-2-1-3-23-7-8-26(39(23)30(25)43)31(44)38-16-21-15-36-40(27(21)17-38)24-9-10-35-28(41)14-24/h5-6,9-10,12-15,23,25-26H,1-4,7-8,11,16-17H2,(H,35,41)(H,37,42)(H2,45,46,47)/t23-,25-,26-/m0/s1. The van der Waals surface area contributed by atoms with Crippen molar-refractivity contribution in [3.05, 3.63) is 86.6 Å². The average molecular weight is 683 g/mol. The molecule has 0 unspecified atom stereocenters. The molecule has 3 aromatic rings. The van der Waals surface area contributed by atoms with Gasteiger partial charge in [0.2, 0.25) is 23.3 Å². The Kier molecular flexibility index (Phi) is 7.96. The largest absolute Gasteiger partial charge is 0.399 e. The van der Waals surface area contributed by atoms with Crippen LogP contribution in [0.1, 0.15) is 66.5 Å². The highest BCUT2D eigenvalue weighted by Gasteiger charge is 2.51. The second kappa shape index (κ2) is 11.9. The minimum atomic E-state index is -5.76. The molecule has 4 aliphatic rings. The van der Waals surface area contributed by atoms with Gasteiger partial charge in [-0.15, -0.1) is 0 Å². The molecule has 0 radical (unpaired) electrons. The first kappa shape index (κ1) is 32.1. The van der Waals surface area contributed by atoms with Crippen molar-refractivity contribution in [3.8, 4) is 5.69 Å². The average Bonchev–Trinajstić information content (AvgIpc) is 3.82. The number of nitrogens with zero attached hydrogens (tertiary/aromatic N) is 4. The lowest BCUT2D eigenvalue weighted by Crippen LogP contribution is -2.56. The fourth-order valence-corrected chi connectivity index (χ4v) is 7.77. The zero-order chi connectivity index (χ0) is 34.0. The molecule has 4 N–H and O–H groups in total. The third kappa shape index (κ3) is 5.59. The molecule has 1 aliphatic carbocycles. The van der Waals surface area contributed by atoms with E-state index in [4.69, 9.17) is 9.79 Å². The number of carbonyl (C=O) groups is 3. The Morgan fingerprint density at radius 1 is 1.02 bits per heavy atom. The predicted molar refractivity (Wildman–Crippen MR) is 167 cm³/mol. The molecular weight excluding hydrogens is 649 g/mol. The van der Waals surface area contributed by atoms with Gasteiger partial charge in [-0.25, -0.2) is 4.68 Å². The zero-order valence-corrected chi connectivity index (χ0v) is 26.5. The van der Waals surface area contributed by atoms with E-state index in [1.807, 2.05) is 0 Å². The third-order valence-electron chi connectivity index (χ3n) is 9.76. The van der Waals surface area contributed by atoms with E-state index in [2.05, 4.69) is 15.4 Å². The van der Waals surface area contributed by atoms with Gasteiger partial charge in [0.25, 0.3) is 0 Å². The van der Waals surface area contributed by atoms with Gasteiger partial charge in [-0.3, -0.25) is 23.7 Å². The van der Waals surface area contributed by atoms with Crippen LogP contribution in [-0.4, -0.2) is 70.2 Å². The lowest BCUT2D eigenvalue weighted by molar-refractivity contribution is -0.148. The minimum absolute atomic E-state index is 0.0988. The summed E-state index contributed by atoms with van der Waals surface area (Å²) < 4.78 is 41.6. The van der Waals surface area contributed by atoms with Crippen LogP contribution in [0.25, 0.3) is 11.8 Å². The molecule has 13 nitrogen and oxygen atoms in total. The number of benzene rings is 1. The summed E-state index contributed by atoms with van der Waals surface area (Å²) in [4.78, 5) is 77.5. The minimum Gasteiger partial charge on any atom is -0.341 e. The second-order valence-corrected chi connectivity index (χ2v) is 14.4. The molecule has 0 saturated carbocycles. The van der Waals surface area contributed by atoms with E-state index in [-0.39, 0.29) is 47.5 Å². The maximum Gasteiger partial charge on any atom is 0.399 e. The maximum atomic E-state index is 14.3. The molecule has 16 heteroatoms. The fourth-order valence-electron chi connectivity index (χ4n) is 7.30. The Balaban J connectivity index is 1.06. The summed E-state index contributed by atoms with van der Waals surface area (Å²) in [6, 6.07) is 4.62. The summed E-state index contributed by atoms with van der Waals surface area (Å²) in [5.74, 6) is -1.08. The van der Waals surface area contributed by atoms with Gasteiger partial charge in [-0.05, 0) is 55.0 Å². The molecule has 7 rings (SSSR count). The number of amides is 3. The van der Waals surface area contributed by atoms with Gasteiger partial charge in [-0.2, -0.15) is 13.9 Å². The normalized spacial score (nSPS) is 22.5. The number of alkyl halides is 2. The van der Waals surface area contributed by atoms with E-state index in [0.717, 1.165) is 36.2 Å². The van der Waals surface area contributed by atoms with Crippen molar-refractivity contribution in [2.45, 2.75) is 81.8 Å². The van der Waals surface area contributed by atoms with Crippen LogP contribution in [-0.2, 0) is 44.1 Å². The molecule has 2 aromatic heterocycles. The van der Waals surface area contributed by atoms with Crippen LogP contribution >= 0.6 is 7.60 Å². The van der Waals surface area contributed by atoms with Crippen molar-refractivity contribution in [1.29, 1.82) is 0 Å². The lowest BCUT2D eigenvalue weighted by Gasteiger charge is -2.36. The van der Waals surface area contributed by atoms with Crippen molar-refractivity contribution in [2.75, 3.05) is 0 Å². The summed E-state index contributed by atoms with van der Waals surface area (Å²) in [7, 11) is -5.76. The molecule has 48 heavy (non-hydrogen) atoms. The number of aromatic amines is 1. The molecule has 2 fully saturated rings. The topological polar surface area (TPSA) is 178 Å². The summed E-state index contributed by atoms with van der Waals surface area (Å²) in [6.07, 6.45) is 8.46. The van der Waals surface area contributed by atoms with Crippen molar-refractivity contribution in [2.24, 2.45) is 0 Å². The molecule has 5 heterocycles. The number of hydrogen-bond acceptors (Lipinski definition) is 6. The number of fused-ring (bicyclic) bond motifs is 3. The highest BCUT2D eigenvalue weighted by molar-refractivity contribution is 7.52. The number of carbonyl (C=O) groups excluding carboxylic acids is 3. The van der Waals surface area contributed by atoms with Crippen LogP contribution in [0.5, 0.6) is 0 Å². The Morgan fingerprint density at radius 3 is 2.58 bits per heavy atom. The molecule has 3 amide bonds. The molecular formula is C32H33F2N6O7P. The first-order valence-electron chi connectivity index (χ1n) is 15.8. The Morgan fingerprint density at radius 2 is 1.81 bits per heavy atom. The predicted octanol–water partition coefficient (Wildman–Crippen LogP) is 2.69. The molecule has 3 atom stereocenters. The van der Waals surface area contributed by atoms with Crippen LogP contribution < -0.4 is 10.9 Å². The lowest BCUT2D eigenvalue weighted by atomic mass is 9.98. The Labute approximate surface area is 272 Å². The Hall–Kier alpha value is -4.46. The highest BCUT2D eigenvalue weighted by atomic mass is 31.2.